The Morgan fingerprint density at radius 1 is 1.03 bits per heavy atom. The van der Waals surface area contributed by atoms with E-state index in [4.69, 9.17) is 9.47 Å². The van der Waals surface area contributed by atoms with Crippen LogP contribution >= 0.6 is 0 Å². The third-order valence-electron chi connectivity index (χ3n) is 4.50. The van der Waals surface area contributed by atoms with Crippen molar-refractivity contribution >= 4 is 27.3 Å². The molecule has 3 aromatic rings. The predicted octanol–water partition coefficient (Wildman–Crippen LogP) is 3.24. The molecule has 162 valence electrons. The number of aryl methyl sites for hydroxylation is 1. The van der Waals surface area contributed by atoms with Gasteiger partial charge in [0.2, 0.25) is 5.91 Å². The van der Waals surface area contributed by atoms with Gasteiger partial charge in [0, 0.05) is 12.3 Å². The number of hydrogen-bond acceptors (Lipinski definition) is 6. The van der Waals surface area contributed by atoms with E-state index in [9.17, 15) is 13.2 Å². The largest absolute Gasteiger partial charge is 0.493 e. The third kappa shape index (κ3) is 5.13. The Balaban J connectivity index is 2.01. The second-order valence-corrected chi connectivity index (χ2v) is 8.52. The van der Waals surface area contributed by atoms with Gasteiger partial charge in [-0.3, -0.25) is 14.1 Å². The van der Waals surface area contributed by atoms with E-state index in [1.54, 1.807) is 42.6 Å². The number of carbonyl (C=O) groups excluding carboxylic acids is 1. The van der Waals surface area contributed by atoms with E-state index >= 15 is 0 Å². The first-order valence-corrected chi connectivity index (χ1v) is 10.8. The fraction of sp³-hybridized carbons (Fsp3) is 0.182. The van der Waals surface area contributed by atoms with Crippen molar-refractivity contribution in [1.29, 1.82) is 0 Å². The zero-order valence-electron chi connectivity index (χ0n) is 17.4. The molecule has 0 saturated heterocycles. The van der Waals surface area contributed by atoms with Crippen molar-refractivity contribution in [3.8, 4) is 11.5 Å². The zero-order chi connectivity index (χ0) is 22.4. The van der Waals surface area contributed by atoms with Crippen molar-refractivity contribution in [3.63, 3.8) is 0 Å². The summed E-state index contributed by atoms with van der Waals surface area (Å²) in [6.07, 6.45) is 3.06. The molecule has 1 N–H and O–H groups in total. The van der Waals surface area contributed by atoms with E-state index < -0.39 is 22.5 Å². The van der Waals surface area contributed by atoms with Crippen LogP contribution in [0.2, 0.25) is 0 Å². The van der Waals surface area contributed by atoms with Crippen molar-refractivity contribution < 1.29 is 22.7 Å². The first-order chi connectivity index (χ1) is 14.8. The lowest BCUT2D eigenvalue weighted by atomic mass is 10.2. The Kier molecular flexibility index (Phi) is 6.76. The van der Waals surface area contributed by atoms with Crippen LogP contribution in [-0.2, 0) is 14.8 Å². The summed E-state index contributed by atoms with van der Waals surface area (Å²) in [4.78, 5) is 16.7. The SMILES string of the molecule is COc1ccc(N(CC(=O)Nc2cccnc2)S(=O)(=O)c2ccc(C)cc2)cc1OC. The Morgan fingerprint density at radius 2 is 1.74 bits per heavy atom. The molecule has 8 nitrogen and oxygen atoms in total. The minimum atomic E-state index is -4.04. The van der Waals surface area contributed by atoms with Gasteiger partial charge in [0.1, 0.15) is 6.54 Å². The Bertz CT molecular complexity index is 1150. The summed E-state index contributed by atoms with van der Waals surface area (Å²) in [5.41, 5.74) is 1.65. The van der Waals surface area contributed by atoms with Crippen LogP contribution in [0.25, 0.3) is 0 Å². The molecular formula is C22H23N3O5S. The summed E-state index contributed by atoms with van der Waals surface area (Å²) in [5.74, 6) is 0.272. The number of benzene rings is 2. The van der Waals surface area contributed by atoms with Crippen LogP contribution in [0.3, 0.4) is 0 Å². The van der Waals surface area contributed by atoms with E-state index in [0.29, 0.717) is 17.2 Å². The molecular weight excluding hydrogens is 418 g/mol. The smallest absolute Gasteiger partial charge is 0.264 e. The molecule has 1 aromatic heterocycles. The number of nitrogens with zero attached hydrogens (tertiary/aromatic N) is 2. The lowest BCUT2D eigenvalue weighted by Gasteiger charge is -2.25. The molecule has 9 heteroatoms. The monoisotopic (exact) mass is 441 g/mol. The molecule has 0 aliphatic carbocycles. The second kappa shape index (κ2) is 9.48. The highest BCUT2D eigenvalue weighted by Crippen LogP contribution is 2.33. The molecule has 0 saturated carbocycles. The number of aromatic nitrogens is 1. The fourth-order valence-electron chi connectivity index (χ4n) is 2.90. The number of carbonyl (C=O) groups is 1. The molecule has 3 rings (SSSR count). The molecule has 0 bridgehead atoms. The molecule has 1 heterocycles. The molecule has 1 amide bonds. The summed E-state index contributed by atoms with van der Waals surface area (Å²) in [7, 11) is -1.10. The lowest BCUT2D eigenvalue weighted by Crippen LogP contribution is -2.38. The van der Waals surface area contributed by atoms with E-state index in [1.165, 1.54) is 38.6 Å². The molecule has 0 atom stereocenters. The van der Waals surface area contributed by atoms with Crippen LogP contribution in [0, 0.1) is 6.92 Å². The van der Waals surface area contributed by atoms with Gasteiger partial charge in [0.25, 0.3) is 10.0 Å². The normalized spacial score (nSPS) is 10.9. The number of nitrogens with one attached hydrogen (secondary N) is 1. The van der Waals surface area contributed by atoms with Crippen LogP contribution in [0.1, 0.15) is 5.56 Å². The number of anilines is 2. The maximum Gasteiger partial charge on any atom is 0.264 e. The van der Waals surface area contributed by atoms with Crippen molar-refractivity contribution in [2.75, 3.05) is 30.4 Å². The number of sulfonamides is 1. The minimum Gasteiger partial charge on any atom is -0.493 e. The third-order valence-corrected chi connectivity index (χ3v) is 6.28. The summed E-state index contributed by atoms with van der Waals surface area (Å²) >= 11 is 0. The predicted molar refractivity (Wildman–Crippen MR) is 118 cm³/mol. The summed E-state index contributed by atoms with van der Waals surface area (Å²) in [6.45, 7) is 1.42. The van der Waals surface area contributed by atoms with E-state index in [0.717, 1.165) is 9.87 Å². The molecule has 2 aromatic carbocycles. The van der Waals surface area contributed by atoms with E-state index in [1.807, 2.05) is 6.92 Å². The molecule has 0 aliphatic rings. The van der Waals surface area contributed by atoms with Gasteiger partial charge >= 0.3 is 0 Å². The maximum atomic E-state index is 13.4. The van der Waals surface area contributed by atoms with Gasteiger partial charge in [-0.1, -0.05) is 17.7 Å². The average Bonchev–Trinajstić information content (AvgIpc) is 2.78. The number of pyridine rings is 1. The van der Waals surface area contributed by atoms with Crippen molar-refractivity contribution in [1.82, 2.24) is 4.98 Å². The molecule has 31 heavy (non-hydrogen) atoms. The lowest BCUT2D eigenvalue weighted by molar-refractivity contribution is -0.114. The van der Waals surface area contributed by atoms with Gasteiger partial charge in [-0.2, -0.15) is 0 Å². The zero-order valence-corrected chi connectivity index (χ0v) is 18.2. The standard InChI is InChI=1S/C22H23N3O5S/c1-16-6-9-19(10-7-16)31(27,28)25(15-22(26)24-17-5-4-12-23-14-17)18-8-11-20(29-2)21(13-18)30-3/h4-14H,15H2,1-3H3,(H,24,26). The van der Waals surface area contributed by atoms with Gasteiger partial charge in [-0.25, -0.2) is 8.42 Å². The highest BCUT2D eigenvalue weighted by molar-refractivity contribution is 7.92. The van der Waals surface area contributed by atoms with Crippen LogP contribution in [-0.4, -0.2) is 40.1 Å². The van der Waals surface area contributed by atoms with Crippen LogP contribution < -0.4 is 19.1 Å². The van der Waals surface area contributed by atoms with Crippen molar-refractivity contribution in [2.24, 2.45) is 0 Å². The number of methoxy groups -OCH3 is 2. The molecule has 0 radical (unpaired) electrons. The Morgan fingerprint density at radius 3 is 2.35 bits per heavy atom. The van der Waals surface area contributed by atoms with Crippen LogP contribution in [0.4, 0.5) is 11.4 Å². The minimum absolute atomic E-state index is 0.0714. The first kappa shape index (κ1) is 22.1. The number of ether oxygens (including phenoxy) is 2. The van der Waals surface area contributed by atoms with Gasteiger partial charge in [0.15, 0.2) is 11.5 Å². The second-order valence-electron chi connectivity index (χ2n) is 6.65. The van der Waals surface area contributed by atoms with E-state index in [2.05, 4.69) is 10.3 Å². The molecule has 0 unspecified atom stereocenters. The topological polar surface area (TPSA) is 97.8 Å². The number of rotatable bonds is 8. The Hall–Kier alpha value is -3.59. The van der Waals surface area contributed by atoms with Crippen molar-refractivity contribution in [2.45, 2.75) is 11.8 Å². The van der Waals surface area contributed by atoms with Gasteiger partial charge in [-0.15, -0.1) is 0 Å². The molecule has 0 aliphatic heterocycles. The summed E-state index contributed by atoms with van der Waals surface area (Å²) < 4.78 is 38.5. The number of hydrogen-bond donors (Lipinski definition) is 1. The number of amides is 1. The molecule has 0 spiro atoms. The van der Waals surface area contributed by atoms with E-state index in [-0.39, 0.29) is 10.6 Å². The summed E-state index contributed by atoms with van der Waals surface area (Å²) in [5, 5.41) is 2.66. The average molecular weight is 442 g/mol. The van der Waals surface area contributed by atoms with Crippen LogP contribution in [0.5, 0.6) is 11.5 Å². The van der Waals surface area contributed by atoms with Crippen molar-refractivity contribution in [3.05, 3.63) is 72.6 Å². The van der Waals surface area contributed by atoms with Crippen LogP contribution in [0.15, 0.2) is 71.9 Å². The van der Waals surface area contributed by atoms with Gasteiger partial charge in [0.05, 0.1) is 36.7 Å². The molecule has 0 fully saturated rings. The first-order valence-electron chi connectivity index (χ1n) is 9.36. The fourth-order valence-corrected chi connectivity index (χ4v) is 4.31. The quantitative estimate of drug-likeness (QED) is 0.576. The van der Waals surface area contributed by atoms with Gasteiger partial charge in [-0.05, 0) is 43.3 Å². The maximum absolute atomic E-state index is 13.4. The highest BCUT2D eigenvalue weighted by Gasteiger charge is 2.28. The summed E-state index contributed by atoms with van der Waals surface area (Å²) in [6, 6.07) is 14.4. The van der Waals surface area contributed by atoms with Gasteiger partial charge < -0.3 is 14.8 Å². The Labute approximate surface area is 181 Å². The highest BCUT2D eigenvalue weighted by atomic mass is 32.2.